The van der Waals surface area contributed by atoms with Crippen molar-refractivity contribution in [3.63, 3.8) is 0 Å². The number of carbonyl (C=O) groups excluding carboxylic acids is 1. The van der Waals surface area contributed by atoms with Crippen LogP contribution in [0.25, 0.3) is 0 Å². The molecule has 7 heteroatoms. The van der Waals surface area contributed by atoms with Gasteiger partial charge in [0, 0.05) is 18.2 Å². The van der Waals surface area contributed by atoms with Gasteiger partial charge >= 0.3 is 0 Å². The Morgan fingerprint density at radius 3 is 2.54 bits per heavy atom. The second kappa shape index (κ2) is 7.85. The molecule has 1 aliphatic carbocycles. The summed E-state index contributed by atoms with van der Waals surface area (Å²) in [6, 6.07) is 13.7. The predicted octanol–water partition coefficient (Wildman–Crippen LogP) is 4.32. The molecule has 1 saturated carbocycles. The Balaban J connectivity index is 1.70. The fourth-order valence-corrected chi connectivity index (χ4v) is 3.07. The molecule has 0 saturated heterocycles. The number of halogens is 1. The second-order valence-corrected chi connectivity index (χ2v) is 6.93. The van der Waals surface area contributed by atoms with E-state index in [-0.39, 0.29) is 28.3 Å². The van der Waals surface area contributed by atoms with Crippen LogP contribution in [-0.2, 0) is 4.79 Å². The maximum Gasteiger partial charge on any atom is 0.271 e. The van der Waals surface area contributed by atoms with E-state index in [0.717, 1.165) is 18.4 Å². The molecule has 6 nitrogen and oxygen atoms in total. The molecule has 1 fully saturated rings. The van der Waals surface area contributed by atoms with Gasteiger partial charge in [0.2, 0.25) is 5.91 Å². The fraction of sp³-hybridized carbons (Fsp3) is 0.316. The summed E-state index contributed by atoms with van der Waals surface area (Å²) < 4.78 is 0. The van der Waals surface area contributed by atoms with Crippen molar-refractivity contribution >= 4 is 28.9 Å². The van der Waals surface area contributed by atoms with E-state index in [4.69, 9.17) is 11.6 Å². The van der Waals surface area contributed by atoms with Gasteiger partial charge in [-0.25, -0.2) is 0 Å². The van der Waals surface area contributed by atoms with Crippen LogP contribution in [0.3, 0.4) is 0 Å². The number of non-ortho nitro benzene ring substituents is 1. The van der Waals surface area contributed by atoms with Gasteiger partial charge in [-0.2, -0.15) is 0 Å². The summed E-state index contributed by atoms with van der Waals surface area (Å²) in [6.45, 7) is 1.78. The highest BCUT2D eigenvalue weighted by Gasteiger charge is 2.34. The monoisotopic (exact) mass is 373 g/mol. The normalized spacial score (nSPS) is 15.9. The van der Waals surface area contributed by atoms with Crippen LogP contribution in [0.1, 0.15) is 31.4 Å². The molecule has 136 valence electrons. The molecule has 2 aromatic carbocycles. The first-order chi connectivity index (χ1) is 12.5. The summed E-state index contributed by atoms with van der Waals surface area (Å²) in [5, 5.41) is 17.2. The Labute approximate surface area is 156 Å². The molecule has 0 radical (unpaired) electrons. The van der Waals surface area contributed by atoms with Crippen LogP contribution in [0.15, 0.2) is 48.5 Å². The van der Waals surface area contributed by atoms with E-state index in [1.165, 1.54) is 18.2 Å². The Hall–Kier alpha value is -2.44. The lowest BCUT2D eigenvalue weighted by Gasteiger charge is -2.23. The van der Waals surface area contributed by atoms with Crippen LogP contribution in [-0.4, -0.2) is 16.9 Å². The van der Waals surface area contributed by atoms with Gasteiger partial charge in [0.05, 0.1) is 21.7 Å². The van der Waals surface area contributed by atoms with Gasteiger partial charge in [0.15, 0.2) is 0 Å². The van der Waals surface area contributed by atoms with Crippen LogP contribution >= 0.6 is 11.6 Å². The molecular formula is C19H20ClN3O3. The van der Waals surface area contributed by atoms with Gasteiger partial charge in [0.1, 0.15) is 0 Å². The average molecular weight is 374 g/mol. The van der Waals surface area contributed by atoms with Crippen molar-refractivity contribution in [2.24, 2.45) is 5.92 Å². The standard InChI is InChI=1S/C19H20ClN3O3/c1-12(21-18(14-7-8-14)13-5-3-2-4-6-13)19(24)22-17-11-15(23(25)26)9-10-16(17)20/h2-6,9-12,14,18,21H,7-8H2,1H3,(H,22,24)/t12-,18+/m1/s1. The number of nitro groups is 1. The second-order valence-electron chi connectivity index (χ2n) is 6.52. The van der Waals surface area contributed by atoms with E-state index in [2.05, 4.69) is 22.8 Å². The fourth-order valence-electron chi connectivity index (χ4n) is 2.90. The zero-order valence-corrected chi connectivity index (χ0v) is 15.1. The minimum Gasteiger partial charge on any atom is -0.323 e. The smallest absolute Gasteiger partial charge is 0.271 e. The first-order valence-electron chi connectivity index (χ1n) is 8.51. The first kappa shape index (κ1) is 18.4. The molecule has 0 spiro atoms. The number of hydrogen-bond acceptors (Lipinski definition) is 4. The van der Waals surface area contributed by atoms with Crippen LogP contribution in [0.5, 0.6) is 0 Å². The van der Waals surface area contributed by atoms with Crippen molar-refractivity contribution in [1.29, 1.82) is 0 Å². The molecule has 0 bridgehead atoms. The van der Waals surface area contributed by atoms with Gasteiger partial charge in [0.25, 0.3) is 5.69 Å². The van der Waals surface area contributed by atoms with Crippen LogP contribution in [0.2, 0.25) is 5.02 Å². The lowest BCUT2D eigenvalue weighted by molar-refractivity contribution is -0.384. The van der Waals surface area contributed by atoms with Gasteiger partial charge in [-0.1, -0.05) is 41.9 Å². The van der Waals surface area contributed by atoms with Crippen molar-refractivity contribution in [1.82, 2.24) is 5.32 Å². The summed E-state index contributed by atoms with van der Waals surface area (Å²) in [7, 11) is 0. The molecule has 0 aliphatic heterocycles. The molecule has 1 aliphatic rings. The molecular weight excluding hydrogens is 354 g/mol. The molecule has 3 rings (SSSR count). The quantitative estimate of drug-likeness (QED) is 0.559. The van der Waals surface area contributed by atoms with E-state index >= 15 is 0 Å². The summed E-state index contributed by atoms with van der Waals surface area (Å²) in [5.74, 6) is 0.239. The summed E-state index contributed by atoms with van der Waals surface area (Å²) in [4.78, 5) is 22.9. The molecule has 0 heterocycles. The zero-order chi connectivity index (χ0) is 18.7. The summed E-state index contributed by atoms with van der Waals surface area (Å²) in [6.07, 6.45) is 2.27. The number of rotatable bonds is 7. The minimum absolute atomic E-state index is 0.109. The van der Waals surface area contributed by atoms with Crippen LogP contribution < -0.4 is 10.6 Å². The number of nitro benzene ring substituents is 1. The Bertz CT molecular complexity index is 809. The first-order valence-corrected chi connectivity index (χ1v) is 8.89. The third-order valence-corrected chi connectivity index (χ3v) is 4.82. The van der Waals surface area contributed by atoms with Gasteiger partial charge in [-0.05, 0) is 37.3 Å². The van der Waals surface area contributed by atoms with E-state index in [9.17, 15) is 14.9 Å². The molecule has 0 aromatic heterocycles. The van der Waals surface area contributed by atoms with Crippen molar-refractivity contribution in [3.05, 3.63) is 69.2 Å². The lowest BCUT2D eigenvalue weighted by atomic mass is 10.0. The number of nitrogens with one attached hydrogen (secondary N) is 2. The number of amides is 1. The van der Waals surface area contributed by atoms with E-state index < -0.39 is 11.0 Å². The van der Waals surface area contributed by atoms with E-state index in [0.29, 0.717) is 5.92 Å². The van der Waals surface area contributed by atoms with E-state index in [1.807, 2.05) is 18.2 Å². The lowest BCUT2D eigenvalue weighted by Crippen LogP contribution is -2.41. The Morgan fingerprint density at radius 1 is 1.23 bits per heavy atom. The SMILES string of the molecule is C[C@@H](N[C@@H](c1ccccc1)C1CC1)C(=O)Nc1cc([N+](=O)[O-])ccc1Cl. The topological polar surface area (TPSA) is 84.3 Å². The van der Waals surface area contributed by atoms with Gasteiger partial charge in [-0.15, -0.1) is 0 Å². The average Bonchev–Trinajstić information content (AvgIpc) is 3.46. The summed E-state index contributed by atoms with van der Waals surface area (Å²) in [5.41, 5.74) is 1.27. The Morgan fingerprint density at radius 2 is 1.92 bits per heavy atom. The van der Waals surface area contributed by atoms with Crippen molar-refractivity contribution in [3.8, 4) is 0 Å². The molecule has 2 aromatic rings. The number of hydrogen-bond donors (Lipinski definition) is 2. The zero-order valence-electron chi connectivity index (χ0n) is 14.3. The molecule has 2 N–H and O–H groups in total. The molecule has 1 amide bonds. The maximum atomic E-state index is 12.6. The summed E-state index contributed by atoms with van der Waals surface area (Å²) >= 11 is 6.05. The number of carbonyl (C=O) groups is 1. The molecule has 0 unspecified atom stereocenters. The predicted molar refractivity (Wildman–Crippen MR) is 101 cm³/mol. The highest BCUT2D eigenvalue weighted by molar-refractivity contribution is 6.33. The molecule has 26 heavy (non-hydrogen) atoms. The maximum absolute atomic E-state index is 12.6. The van der Waals surface area contributed by atoms with Crippen LogP contribution in [0.4, 0.5) is 11.4 Å². The number of benzene rings is 2. The molecule has 2 atom stereocenters. The van der Waals surface area contributed by atoms with Crippen molar-refractivity contribution < 1.29 is 9.72 Å². The largest absolute Gasteiger partial charge is 0.323 e. The van der Waals surface area contributed by atoms with Crippen molar-refractivity contribution in [2.75, 3.05) is 5.32 Å². The van der Waals surface area contributed by atoms with Crippen LogP contribution in [0, 0.1) is 16.0 Å². The van der Waals surface area contributed by atoms with Gasteiger partial charge < -0.3 is 5.32 Å². The third kappa shape index (κ3) is 4.39. The van der Waals surface area contributed by atoms with Gasteiger partial charge in [-0.3, -0.25) is 20.2 Å². The number of anilines is 1. The number of nitrogens with zero attached hydrogens (tertiary/aromatic N) is 1. The highest BCUT2D eigenvalue weighted by Crippen LogP contribution is 2.41. The third-order valence-electron chi connectivity index (χ3n) is 4.49. The minimum atomic E-state index is -0.522. The van der Waals surface area contributed by atoms with E-state index in [1.54, 1.807) is 6.92 Å². The Kier molecular flexibility index (Phi) is 5.54. The van der Waals surface area contributed by atoms with Crippen molar-refractivity contribution in [2.45, 2.75) is 31.8 Å². The highest BCUT2D eigenvalue weighted by atomic mass is 35.5.